The van der Waals surface area contributed by atoms with Crippen LogP contribution in [-0.2, 0) is 9.53 Å². The highest BCUT2D eigenvalue weighted by atomic mass is 16.6. The molecule has 0 bridgehead atoms. The number of carbonyl (C=O) groups excluding carboxylic acids is 2. The van der Waals surface area contributed by atoms with Crippen molar-refractivity contribution < 1.29 is 14.3 Å². The van der Waals surface area contributed by atoms with Crippen molar-refractivity contribution in [1.29, 1.82) is 0 Å². The lowest BCUT2D eigenvalue weighted by Gasteiger charge is -2.02. The van der Waals surface area contributed by atoms with E-state index in [1.165, 1.54) is 6.92 Å². The van der Waals surface area contributed by atoms with E-state index in [1.54, 1.807) is 10.6 Å². The number of hydrogen-bond donors (Lipinski definition) is 0. The second-order valence-corrected chi connectivity index (χ2v) is 6.13. The summed E-state index contributed by atoms with van der Waals surface area (Å²) in [6.45, 7) is 3.42. The molecular weight excluding hydrogens is 328 g/mol. The summed E-state index contributed by atoms with van der Waals surface area (Å²) in [4.78, 5) is 28.7. The van der Waals surface area contributed by atoms with E-state index in [2.05, 4.69) is 4.99 Å². The lowest BCUT2D eigenvalue weighted by atomic mass is 10.1. The summed E-state index contributed by atoms with van der Waals surface area (Å²) < 4.78 is 6.90. The number of fused-ring (bicyclic) bond motifs is 1. The molecule has 0 amide bonds. The number of rotatable bonds is 2. The Morgan fingerprint density at radius 1 is 1.12 bits per heavy atom. The van der Waals surface area contributed by atoms with Gasteiger partial charge in [0.05, 0.1) is 11.2 Å². The number of carbonyl (C=O) groups is 2. The Bertz CT molecular complexity index is 1120. The molecule has 0 N–H and O–H groups in total. The van der Waals surface area contributed by atoms with E-state index in [4.69, 9.17) is 4.74 Å². The van der Waals surface area contributed by atoms with E-state index in [0.717, 1.165) is 22.0 Å². The molecule has 0 saturated carbocycles. The van der Waals surface area contributed by atoms with Gasteiger partial charge in [-0.05, 0) is 36.8 Å². The van der Waals surface area contributed by atoms with E-state index in [1.807, 2.05) is 61.5 Å². The largest absolute Gasteiger partial charge is 0.402 e. The highest BCUT2D eigenvalue weighted by Gasteiger charge is 2.25. The van der Waals surface area contributed by atoms with Gasteiger partial charge in [0.1, 0.15) is 0 Å². The summed E-state index contributed by atoms with van der Waals surface area (Å²) in [6, 6.07) is 17.0. The first-order valence-electron chi connectivity index (χ1n) is 8.24. The molecule has 3 aromatic rings. The standard InChI is InChI=1S/C21H16N2O3/c1-13-7-3-5-9-17(13)20-22-18(21(25)26-20)12-16-11-15-8-4-6-10-19(15)23(16)14(2)24/h3-12H,1-2H3/b18-12-. The third-order valence-corrected chi connectivity index (χ3v) is 4.33. The van der Waals surface area contributed by atoms with Crippen LogP contribution in [0.3, 0.4) is 0 Å². The highest BCUT2D eigenvalue weighted by Crippen LogP contribution is 2.25. The van der Waals surface area contributed by atoms with Crippen molar-refractivity contribution in [2.75, 3.05) is 0 Å². The van der Waals surface area contributed by atoms with Crippen LogP contribution in [-0.4, -0.2) is 22.3 Å². The first-order chi connectivity index (χ1) is 12.5. The smallest absolute Gasteiger partial charge is 0.363 e. The van der Waals surface area contributed by atoms with Crippen LogP contribution in [0.1, 0.15) is 28.5 Å². The van der Waals surface area contributed by atoms with Gasteiger partial charge in [-0.2, -0.15) is 0 Å². The fourth-order valence-electron chi connectivity index (χ4n) is 3.11. The van der Waals surface area contributed by atoms with Crippen LogP contribution >= 0.6 is 0 Å². The van der Waals surface area contributed by atoms with Crippen LogP contribution in [0.4, 0.5) is 0 Å². The molecule has 0 spiro atoms. The Balaban J connectivity index is 1.83. The number of nitrogens with zero attached hydrogens (tertiary/aromatic N) is 2. The van der Waals surface area contributed by atoms with Crippen LogP contribution < -0.4 is 0 Å². The zero-order valence-electron chi connectivity index (χ0n) is 14.4. The maximum atomic E-state index is 12.3. The van der Waals surface area contributed by atoms with E-state index in [0.29, 0.717) is 5.69 Å². The number of aromatic nitrogens is 1. The van der Waals surface area contributed by atoms with E-state index >= 15 is 0 Å². The van der Waals surface area contributed by atoms with Crippen molar-refractivity contribution >= 4 is 34.8 Å². The van der Waals surface area contributed by atoms with Crippen molar-refractivity contribution in [2.45, 2.75) is 13.8 Å². The quantitative estimate of drug-likeness (QED) is 0.522. The molecule has 4 rings (SSSR count). The molecule has 26 heavy (non-hydrogen) atoms. The summed E-state index contributed by atoms with van der Waals surface area (Å²) in [7, 11) is 0. The van der Waals surface area contributed by atoms with Crippen LogP contribution in [0.15, 0.2) is 65.3 Å². The SMILES string of the molecule is CC(=O)n1c(/C=C2\N=C(c3ccccc3C)OC2=O)cc2ccccc21. The molecule has 2 aromatic carbocycles. The van der Waals surface area contributed by atoms with Crippen molar-refractivity contribution in [3.8, 4) is 0 Å². The van der Waals surface area contributed by atoms with Crippen molar-refractivity contribution in [2.24, 2.45) is 4.99 Å². The molecule has 128 valence electrons. The number of aliphatic imine (C=N–C) groups is 1. The average molecular weight is 344 g/mol. The van der Waals surface area contributed by atoms with Gasteiger partial charge < -0.3 is 4.74 Å². The second kappa shape index (κ2) is 6.11. The summed E-state index contributed by atoms with van der Waals surface area (Å²) in [5, 5.41) is 0.920. The summed E-state index contributed by atoms with van der Waals surface area (Å²) in [6.07, 6.45) is 1.59. The van der Waals surface area contributed by atoms with Gasteiger partial charge in [-0.1, -0.05) is 36.4 Å². The number of hydrogen-bond acceptors (Lipinski definition) is 4. The molecule has 1 aromatic heterocycles. The normalized spacial score (nSPS) is 15.4. The van der Waals surface area contributed by atoms with Gasteiger partial charge >= 0.3 is 5.97 Å². The Labute approximate surface area is 150 Å². The van der Waals surface area contributed by atoms with Gasteiger partial charge in [-0.15, -0.1) is 0 Å². The Morgan fingerprint density at radius 3 is 2.62 bits per heavy atom. The highest BCUT2D eigenvalue weighted by molar-refractivity contribution is 6.13. The lowest BCUT2D eigenvalue weighted by molar-refractivity contribution is -0.129. The molecule has 0 radical (unpaired) electrons. The number of para-hydroxylation sites is 1. The monoisotopic (exact) mass is 344 g/mol. The zero-order chi connectivity index (χ0) is 18.3. The maximum absolute atomic E-state index is 12.3. The first-order valence-corrected chi connectivity index (χ1v) is 8.24. The molecule has 0 atom stereocenters. The average Bonchev–Trinajstić information content (AvgIpc) is 3.16. The second-order valence-electron chi connectivity index (χ2n) is 6.13. The minimum atomic E-state index is -0.524. The third-order valence-electron chi connectivity index (χ3n) is 4.33. The topological polar surface area (TPSA) is 60.7 Å². The minimum Gasteiger partial charge on any atom is -0.402 e. The molecule has 5 nitrogen and oxygen atoms in total. The summed E-state index contributed by atoms with van der Waals surface area (Å²) >= 11 is 0. The molecule has 2 heterocycles. The Hall–Kier alpha value is -3.47. The molecule has 1 aliphatic heterocycles. The number of benzene rings is 2. The van der Waals surface area contributed by atoms with Crippen LogP contribution in [0.2, 0.25) is 0 Å². The lowest BCUT2D eigenvalue weighted by Crippen LogP contribution is -2.08. The van der Waals surface area contributed by atoms with Gasteiger partial charge in [-0.25, -0.2) is 9.79 Å². The maximum Gasteiger partial charge on any atom is 0.363 e. The van der Waals surface area contributed by atoms with Crippen molar-refractivity contribution in [1.82, 2.24) is 4.57 Å². The van der Waals surface area contributed by atoms with Gasteiger partial charge in [-0.3, -0.25) is 9.36 Å². The fraction of sp³-hybridized carbons (Fsp3) is 0.0952. The van der Waals surface area contributed by atoms with Gasteiger partial charge in [0, 0.05) is 17.9 Å². The van der Waals surface area contributed by atoms with Crippen LogP contribution in [0.25, 0.3) is 17.0 Å². The van der Waals surface area contributed by atoms with Gasteiger partial charge in [0.15, 0.2) is 5.70 Å². The number of ether oxygens (including phenoxy) is 1. The molecule has 0 fully saturated rings. The molecule has 1 aliphatic rings. The molecule has 0 aliphatic carbocycles. The predicted octanol–water partition coefficient (Wildman–Crippen LogP) is 3.95. The van der Waals surface area contributed by atoms with Crippen molar-refractivity contribution in [3.63, 3.8) is 0 Å². The fourth-order valence-corrected chi connectivity index (χ4v) is 3.11. The molecule has 0 unspecified atom stereocenters. The third kappa shape index (κ3) is 2.63. The van der Waals surface area contributed by atoms with E-state index in [-0.39, 0.29) is 17.5 Å². The number of cyclic esters (lactones) is 1. The zero-order valence-corrected chi connectivity index (χ0v) is 14.4. The molecular formula is C21H16N2O3. The number of aryl methyl sites for hydroxylation is 1. The van der Waals surface area contributed by atoms with E-state index in [9.17, 15) is 9.59 Å². The minimum absolute atomic E-state index is 0.132. The number of esters is 1. The summed E-state index contributed by atoms with van der Waals surface area (Å²) in [5.41, 5.74) is 3.31. The first kappa shape index (κ1) is 16.0. The van der Waals surface area contributed by atoms with Crippen LogP contribution in [0, 0.1) is 6.92 Å². The van der Waals surface area contributed by atoms with Gasteiger partial charge in [0.25, 0.3) is 0 Å². The molecule has 5 heteroatoms. The van der Waals surface area contributed by atoms with Gasteiger partial charge in [0.2, 0.25) is 11.8 Å². The Morgan fingerprint density at radius 2 is 1.85 bits per heavy atom. The van der Waals surface area contributed by atoms with Crippen molar-refractivity contribution in [3.05, 3.63) is 77.1 Å². The summed E-state index contributed by atoms with van der Waals surface area (Å²) in [5.74, 6) is -0.374. The molecule has 0 saturated heterocycles. The predicted molar refractivity (Wildman–Crippen MR) is 100 cm³/mol. The Kier molecular flexibility index (Phi) is 3.77. The van der Waals surface area contributed by atoms with E-state index < -0.39 is 5.97 Å². The van der Waals surface area contributed by atoms with Crippen LogP contribution in [0.5, 0.6) is 0 Å².